The fourth-order valence-corrected chi connectivity index (χ4v) is 6.79. The van der Waals surface area contributed by atoms with Gasteiger partial charge in [-0.05, 0) is 69.8 Å². The van der Waals surface area contributed by atoms with Crippen molar-refractivity contribution in [1.29, 1.82) is 0 Å². The Labute approximate surface area is 245 Å². The largest absolute Gasteiger partial charge is 0.468 e. The average molecular weight is 572 g/mol. The lowest BCUT2D eigenvalue weighted by Gasteiger charge is -2.53. The van der Waals surface area contributed by atoms with E-state index in [9.17, 15) is 19.2 Å². The monoisotopic (exact) mass is 571 g/mol. The van der Waals surface area contributed by atoms with Gasteiger partial charge in [0, 0.05) is 50.6 Å². The Morgan fingerprint density at radius 3 is 2.56 bits per heavy atom. The van der Waals surface area contributed by atoms with Crippen LogP contribution in [0.1, 0.15) is 91.9 Å². The van der Waals surface area contributed by atoms with Crippen molar-refractivity contribution in [1.82, 2.24) is 15.1 Å². The van der Waals surface area contributed by atoms with Gasteiger partial charge in [-0.3, -0.25) is 19.2 Å². The second-order valence-electron chi connectivity index (χ2n) is 13.2. The van der Waals surface area contributed by atoms with Crippen LogP contribution in [0, 0.1) is 16.7 Å². The number of piperidine rings is 1. The summed E-state index contributed by atoms with van der Waals surface area (Å²) in [7, 11) is 1.37. The van der Waals surface area contributed by atoms with Crippen LogP contribution in [-0.4, -0.2) is 79.0 Å². The maximum atomic E-state index is 14.1. The number of hydrogen-bond acceptors (Lipinski definition) is 6. The molecule has 3 aliphatic heterocycles. The predicted octanol–water partition coefficient (Wildman–Crippen LogP) is 4.12. The van der Waals surface area contributed by atoms with Crippen LogP contribution in [0.25, 0.3) is 0 Å². The number of methoxy groups -OCH3 is 1. The van der Waals surface area contributed by atoms with E-state index < -0.39 is 23.4 Å². The second-order valence-corrected chi connectivity index (χ2v) is 13.2. The van der Waals surface area contributed by atoms with Crippen molar-refractivity contribution in [2.24, 2.45) is 16.7 Å². The van der Waals surface area contributed by atoms with Crippen molar-refractivity contribution < 1.29 is 28.7 Å². The molecule has 0 spiro atoms. The van der Waals surface area contributed by atoms with Gasteiger partial charge in [-0.1, -0.05) is 32.4 Å². The van der Waals surface area contributed by atoms with E-state index in [4.69, 9.17) is 9.47 Å². The summed E-state index contributed by atoms with van der Waals surface area (Å²) in [6, 6.07) is 0. The van der Waals surface area contributed by atoms with E-state index in [1.807, 2.05) is 17.9 Å². The molecule has 0 unspecified atom stereocenters. The third-order valence-electron chi connectivity index (χ3n) is 9.26. The number of nitrogens with one attached hydrogen (secondary N) is 1. The zero-order chi connectivity index (χ0) is 29.8. The lowest BCUT2D eigenvalue weighted by Crippen LogP contribution is -2.61. The predicted molar refractivity (Wildman–Crippen MR) is 155 cm³/mol. The molecule has 1 N–H and O–H groups in total. The highest BCUT2D eigenvalue weighted by Crippen LogP contribution is 2.52. The molecule has 0 bridgehead atoms. The van der Waals surface area contributed by atoms with Gasteiger partial charge < -0.3 is 24.6 Å². The van der Waals surface area contributed by atoms with Crippen LogP contribution in [0.4, 0.5) is 0 Å². The number of hydrogen-bond donors (Lipinski definition) is 1. The molecule has 4 atom stereocenters. The third-order valence-corrected chi connectivity index (χ3v) is 9.26. The molecule has 0 aromatic carbocycles. The number of esters is 1. The smallest absolute Gasteiger partial charge is 0.320 e. The zero-order valence-electron chi connectivity index (χ0n) is 25.6. The molecule has 4 aliphatic rings. The summed E-state index contributed by atoms with van der Waals surface area (Å²) >= 11 is 0. The number of fused-ring (bicyclic) bond motifs is 1. The fourth-order valence-electron chi connectivity index (χ4n) is 6.79. The third kappa shape index (κ3) is 6.87. The average Bonchev–Trinajstić information content (AvgIpc) is 3.35. The first-order chi connectivity index (χ1) is 19.5. The molecule has 228 valence electrons. The molecule has 9 heteroatoms. The van der Waals surface area contributed by atoms with Crippen molar-refractivity contribution in [3.63, 3.8) is 0 Å². The quantitative estimate of drug-likeness (QED) is 0.240. The van der Waals surface area contributed by atoms with Gasteiger partial charge in [-0.2, -0.15) is 0 Å². The molecule has 9 nitrogen and oxygen atoms in total. The summed E-state index contributed by atoms with van der Waals surface area (Å²) in [6.45, 7) is 10.4. The van der Waals surface area contributed by atoms with Gasteiger partial charge in [0.05, 0.1) is 19.3 Å². The van der Waals surface area contributed by atoms with E-state index >= 15 is 0 Å². The van der Waals surface area contributed by atoms with Crippen LogP contribution in [0.3, 0.4) is 0 Å². The molecule has 0 aromatic heterocycles. The van der Waals surface area contributed by atoms with Gasteiger partial charge in [0.15, 0.2) is 0 Å². The van der Waals surface area contributed by atoms with Crippen LogP contribution in [-0.2, 0) is 28.7 Å². The number of ether oxygens (including phenoxy) is 2. The van der Waals surface area contributed by atoms with Gasteiger partial charge in [-0.25, -0.2) is 0 Å². The normalized spacial score (nSPS) is 28.7. The zero-order valence-corrected chi connectivity index (χ0v) is 25.6. The number of rotatable bonds is 10. The van der Waals surface area contributed by atoms with E-state index in [-0.39, 0.29) is 42.1 Å². The molecule has 1 aliphatic carbocycles. The highest BCUT2D eigenvalue weighted by Gasteiger charge is 2.60. The first kappa shape index (κ1) is 31.3. The second kappa shape index (κ2) is 13.1. The van der Waals surface area contributed by atoms with E-state index in [1.165, 1.54) is 19.1 Å². The summed E-state index contributed by atoms with van der Waals surface area (Å²) in [5, 5.41) is 2.93. The highest BCUT2D eigenvalue weighted by atomic mass is 16.5. The van der Waals surface area contributed by atoms with Gasteiger partial charge in [0.25, 0.3) is 0 Å². The Morgan fingerprint density at radius 1 is 1.15 bits per heavy atom. The number of nitrogens with zero attached hydrogens (tertiary/aromatic N) is 2. The molecule has 4 rings (SSSR count). The Kier molecular flexibility index (Phi) is 9.98. The maximum absolute atomic E-state index is 14.1. The van der Waals surface area contributed by atoms with Crippen LogP contribution in [0.15, 0.2) is 23.4 Å². The number of allylic oxidation sites excluding steroid dienone is 1. The Balaban J connectivity index is 1.55. The standard InChI is InChI=1S/C32H49N3O6/c1-22-32(30(39)40-5)21-24(19-27(36)33-15-10-17-34-16-9-13-28(34)37)29(38)35(18-14-23-11-7-6-8-12-23)25(32)20-26(41-22)31(2,3)4/h11,20,22,24,26H,6-10,12-19,21H2,1-5H3,(H,33,36)/t22-,24+,26-,32+/m1/s1. The van der Waals surface area contributed by atoms with E-state index in [1.54, 1.807) is 4.90 Å². The molecule has 0 saturated carbocycles. The summed E-state index contributed by atoms with van der Waals surface area (Å²) < 4.78 is 11.8. The lowest BCUT2D eigenvalue weighted by molar-refractivity contribution is -0.180. The minimum Gasteiger partial charge on any atom is -0.468 e. The Hall–Kier alpha value is -2.68. The van der Waals surface area contributed by atoms with Crippen LogP contribution in [0.2, 0.25) is 0 Å². The minimum atomic E-state index is -1.17. The number of carbonyl (C=O) groups is 4. The number of amides is 3. The maximum Gasteiger partial charge on any atom is 0.320 e. The minimum absolute atomic E-state index is 0.0118. The molecule has 3 amide bonds. The topological polar surface area (TPSA) is 105 Å². The molecule has 41 heavy (non-hydrogen) atoms. The Bertz CT molecular complexity index is 1080. The van der Waals surface area contributed by atoms with E-state index in [0.717, 1.165) is 38.6 Å². The highest BCUT2D eigenvalue weighted by molar-refractivity contribution is 5.92. The van der Waals surface area contributed by atoms with Gasteiger partial charge in [-0.15, -0.1) is 0 Å². The fraction of sp³-hybridized carbons (Fsp3) is 0.750. The van der Waals surface area contributed by atoms with Crippen molar-refractivity contribution in [3.8, 4) is 0 Å². The molecule has 0 radical (unpaired) electrons. The number of carbonyl (C=O) groups excluding carboxylic acids is 4. The van der Waals surface area contributed by atoms with Gasteiger partial charge in [0.1, 0.15) is 5.41 Å². The van der Waals surface area contributed by atoms with Gasteiger partial charge in [0.2, 0.25) is 17.7 Å². The van der Waals surface area contributed by atoms with E-state index in [2.05, 4.69) is 32.2 Å². The molecule has 0 aromatic rings. The first-order valence-corrected chi connectivity index (χ1v) is 15.5. The van der Waals surface area contributed by atoms with Crippen LogP contribution in [0.5, 0.6) is 0 Å². The SMILES string of the molecule is COC(=O)[C@]12C[C@H](CC(=O)NCCCN3CCCC3=O)C(=O)N(CCC3=CCCCC3)C1=C[C@H](C(C)(C)C)O[C@@H]2C. The lowest BCUT2D eigenvalue weighted by atomic mass is 9.65. The molecular weight excluding hydrogens is 522 g/mol. The van der Waals surface area contributed by atoms with Crippen molar-refractivity contribution in [2.45, 2.75) is 104 Å². The first-order valence-electron chi connectivity index (χ1n) is 15.5. The van der Waals surface area contributed by atoms with Crippen molar-refractivity contribution in [2.75, 3.05) is 33.3 Å². The van der Waals surface area contributed by atoms with Crippen molar-refractivity contribution >= 4 is 23.7 Å². The van der Waals surface area contributed by atoms with Gasteiger partial charge >= 0.3 is 5.97 Å². The Morgan fingerprint density at radius 2 is 1.93 bits per heavy atom. The molecule has 3 heterocycles. The summed E-state index contributed by atoms with van der Waals surface area (Å²) in [5.74, 6) is -1.28. The van der Waals surface area contributed by atoms with Crippen LogP contribution >= 0.6 is 0 Å². The summed E-state index contributed by atoms with van der Waals surface area (Å²) in [6.07, 6.45) is 10.9. The molecular formula is C32H49N3O6. The van der Waals surface area contributed by atoms with Crippen LogP contribution < -0.4 is 5.32 Å². The number of likely N-dealkylation sites (tertiary alicyclic amines) is 2. The summed E-state index contributed by atoms with van der Waals surface area (Å²) in [4.78, 5) is 56.2. The summed E-state index contributed by atoms with van der Waals surface area (Å²) in [5.41, 5.74) is 0.598. The van der Waals surface area contributed by atoms with Crippen molar-refractivity contribution in [3.05, 3.63) is 23.4 Å². The molecule has 2 fully saturated rings. The van der Waals surface area contributed by atoms with E-state index in [0.29, 0.717) is 38.2 Å². The molecule has 2 saturated heterocycles.